The Bertz CT molecular complexity index is 883. The molecular weight excluding hydrogens is 300 g/mol. The molecule has 0 radical (unpaired) electrons. The van der Waals surface area contributed by atoms with E-state index < -0.39 is 10.8 Å². The van der Waals surface area contributed by atoms with Crippen molar-refractivity contribution < 1.29 is 18.9 Å². The number of ether oxygens (including phenoxy) is 1. The van der Waals surface area contributed by atoms with Crippen molar-refractivity contribution >= 4 is 28.3 Å². The summed E-state index contributed by atoms with van der Waals surface area (Å²) in [5, 5.41) is 14.0. The maximum atomic E-state index is 12.2. The summed E-state index contributed by atoms with van der Waals surface area (Å²) < 4.78 is 10.7. The molecule has 0 fully saturated rings. The molecule has 0 aliphatic carbocycles. The summed E-state index contributed by atoms with van der Waals surface area (Å²) in [7, 11) is 1.52. The third-order valence-electron chi connectivity index (χ3n) is 3.29. The molecule has 3 rings (SSSR count). The predicted molar refractivity (Wildman–Crippen MR) is 83.8 cm³/mol. The van der Waals surface area contributed by atoms with Gasteiger partial charge in [-0.15, -0.1) is 0 Å². The first-order valence-corrected chi connectivity index (χ1v) is 6.71. The van der Waals surface area contributed by atoms with E-state index in [0.29, 0.717) is 17.0 Å². The molecule has 7 nitrogen and oxygen atoms in total. The van der Waals surface area contributed by atoms with Crippen molar-refractivity contribution in [3.8, 4) is 5.75 Å². The smallest absolute Gasteiger partial charge is 0.291 e. The third kappa shape index (κ3) is 2.84. The van der Waals surface area contributed by atoms with Crippen molar-refractivity contribution in [2.75, 3.05) is 12.4 Å². The largest absolute Gasteiger partial charge is 0.493 e. The number of nitro benzene ring substituents is 1. The Hall–Kier alpha value is -3.35. The molecule has 1 aromatic heterocycles. The molecule has 2 aromatic carbocycles. The molecule has 0 saturated heterocycles. The number of methoxy groups -OCH3 is 1. The van der Waals surface area contributed by atoms with Gasteiger partial charge in [0.05, 0.1) is 12.0 Å². The first-order valence-electron chi connectivity index (χ1n) is 6.71. The Morgan fingerprint density at radius 2 is 1.96 bits per heavy atom. The molecule has 0 aliphatic rings. The van der Waals surface area contributed by atoms with E-state index in [1.54, 1.807) is 18.2 Å². The van der Waals surface area contributed by atoms with Gasteiger partial charge in [0.15, 0.2) is 17.1 Å². The molecule has 7 heteroatoms. The van der Waals surface area contributed by atoms with E-state index >= 15 is 0 Å². The number of para-hydroxylation sites is 1. The Morgan fingerprint density at radius 3 is 2.61 bits per heavy atom. The van der Waals surface area contributed by atoms with Crippen LogP contribution in [-0.2, 0) is 0 Å². The van der Waals surface area contributed by atoms with Crippen LogP contribution < -0.4 is 10.1 Å². The van der Waals surface area contributed by atoms with E-state index in [1.807, 2.05) is 6.07 Å². The second kappa shape index (κ2) is 5.80. The lowest BCUT2D eigenvalue weighted by Gasteiger charge is -2.02. The van der Waals surface area contributed by atoms with Crippen LogP contribution in [0.3, 0.4) is 0 Å². The number of benzene rings is 2. The van der Waals surface area contributed by atoms with Gasteiger partial charge in [0.2, 0.25) is 0 Å². The van der Waals surface area contributed by atoms with Gasteiger partial charge in [-0.3, -0.25) is 14.9 Å². The number of nitrogens with zero attached hydrogens (tertiary/aromatic N) is 1. The Morgan fingerprint density at radius 1 is 1.22 bits per heavy atom. The standard InChI is InChI=1S/C16H12N2O5/c1-22-13-4-2-3-10-9-14(23-15(10)13)16(19)17-11-5-7-12(8-6-11)18(20)21/h2-9H,1H3,(H,17,19). The van der Waals surface area contributed by atoms with Gasteiger partial charge < -0.3 is 14.5 Å². The van der Waals surface area contributed by atoms with E-state index in [9.17, 15) is 14.9 Å². The topological polar surface area (TPSA) is 94.6 Å². The number of furan rings is 1. The van der Waals surface area contributed by atoms with Gasteiger partial charge >= 0.3 is 0 Å². The van der Waals surface area contributed by atoms with Crippen LogP contribution in [-0.4, -0.2) is 17.9 Å². The number of rotatable bonds is 4. The van der Waals surface area contributed by atoms with Gasteiger partial charge in [-0.2, -0.15) is 0 Å². The molecule has 0 aliphatic heterocycles. The second-order valence-electron chi connectivity index (χ2n) is 4.75. The molecule has 1 amide bonds. The number of hydrogen-bond acceptors (Lipinski definition) is 5. The quantitative estimate of drug-likeness (QED) is 0.586. The predicted octanol–water partition coefficient (Wildman–Crippen LogP) is 3.60. The zero-order chi connectivity index (χ0) is 16.4. The fourth-order valence-electron chi connectivity index (χ4n) is 2.17. The molecule has 1 heterocycles. The summed E-state index contributed by atoms with van der Waals surface area (Å²) >= 11 is 0. The monoisotopic (exact) mass is 312 g/mol. The molecule has 0 spiro atoms. The third-order valence-corrected chi connectivity index (χ3v) is 3.29. The van der Waals surface area contributed by atoms with E-state index in [4.69, 9.17) is 9.15 Å². The number of nitrogens with one attached hydrogen (secondary N) is 1. The lowest BCUT2D eigenvalue weighted by Crippen LogP contribution is -2.10. The zero-order valence-corrected chi connectivity index (χ0v) is 12.1. The van der Waals surface area contributed by atoms with Gasteiger partial charge in [0, 0.05) is 23.2 Å². The normalized spacial score (nSPS) is 10.5. The highest BCUT2D eigenvalue weighted by Gasteiger charge is 2.15. The van der Waals surface area contributed by atoms with Crippen molar-refractivity contribution in [2.45, 2.75) is 0 Å². The molecule has 0 bridgehead atoms. The minimum Gasteiger partial charge on any atom is -0.493 e. The molecule has 3 aromatic rings. The summed E-state index contributed by atoms with van der Waals surface area (Å²) in [4.78, 5) is 22.3. The number of fused-ring (bicyclic) bond motifs is 1. The van der Waals surface area contributed by atoms with Gasteiger partial charge in [-0.05, 0) is 24.3 Å². The maximum absolute atomic E-state index is 12.2. The molecule has 23 heavy (non-hydrogen) atoms. The minimum atomic E-state index is -0.503. The number of hydrogen-bond donors (Lipinski definition) is 1. The first kappa shape index (κ1) is 14.6. The van der Waals surface area contributed by atoms with Crippen LogP contribution in [0.4, 0.5) is 11.4 Å². The van der Waals surface area contributed by atoms with Crippen molar-refractivity contribution in [1.29, 1.82) is 0 Å². The Kier molecular flexibility index (Phi) is 3.68. The number of carbonyl (C=O) groups is 1. The summed E-state index contributed by atoms with van der Waals surface area (Å²) in [5.74, 6) is 0.219. The van der Waals surface area contributed by atoms with E-state index in [2.05, 4.69) is 5.32 Å². The van der Waals surface area contributed by atoms with E-state index in [0.717, 1.165) is 5.39 Å². The number of amides is 1. The summed E-state index contributed by atoms with van der Waals surface area (Å²) in [5.41, 5.74) is 0.883. The maximum Gasteiger partial charge on any atom is 0.291 e. The second-order valence-corrected chi connectivity index (χ2v) is 4.75. The summed E-state index contributed by atoms with van der Waals surface area (Å²) in [6.07, 6.45) is 0. The number of non-ortho nitro benzene ring substituents is 1. The molecule has 0 saturated carbocycles. The van der Waals surface area contributed by atoms with Gasteiger partial charge in [-0.1, -0.05) is 12.1 Å². The van der Waals surface area contributed by atoms with Crippen molar-refractivity contribution in [3.05, 3.63) is 64.4 Å². The average molecular weight is 312 g/mol. The number of nitro groups is 1. The molecule has 0 atom stereocenters. The Labute approximate surface area is 130 Å². The zero-order valence-electron chi connectivity index (χ0n) is 12.1. The summed E-state index contributed by atoms with van der Waals surface area (Å²) in [6, 6.07) is 12.5. The van der Waals surface area contributed by atoms with Gasteiger partial charge in [-0.25, -0.2) is 0 Å². The van der Waals surface area contributed by atoms with Gasteiger partial charge in [0.25, 0.3) is 11.6 Å². The highest BCUT2D eigenvalue weighted by Crippen LogP contribution is 2.28. The van der Waals surface area contributed by atoms with E-state index in [-0.39, 0.29) is 11.4 Å². The first-order chi connectivity index (χ1) is 11.1. The molecule has 116 valence electrons. The highest BCUT2D eigenvalue weighted by molar-refractivity contribution is 6.05. The fraction of sp³-hybridized carbons (Fsp3) is 0.0625. The Balaban J connectivity index is 1.84. The van der Waals surface area contributed by atoms with Gasteiger partial charge in [0.1, 0.15) is 0 Å². The van der Waals surface area contributed by atoms with Crippen LogP contribution in [0.15, 0.2) is 52.9 Å². The van der Waals surface area contributed by atoms with Crippen LogP contribution >= 0.6 is 0 Å². The van der Waals surface area contributed by atoms with Crippen LogP contribution in [0.1, 0.15) is 10.6 Å². The van der Waals surface area contributed by atoms with Crippen LogP contribution in [0.2, 0.25) is 0 Å². The van der Waals surface area contributed by atoms with Crippen molar-refractivity contribution in [2.24, 2.45) is 0 Å². The molecule has 0 unspecified atom stereocenters. The van der Waals surface area contributed by atoms with Crippen molar-refractivity contribution in [1.82, 2.24) is 0 Å². The average Bonchev–Trinajstić information content (AvgIpc) is 2.99. The molecular formula is C16H12N2O5. The fourth-order valence-corrected chi connectivity index (χ4v) is 2.17. The van der Waals surface area contributed by atoms with Crippen LogP contribution in [0.5, 0.6) is 5.75 Å². The minimum absolute atomic E-state index is 0.0449. The number of anilines is 1. The lowest BCUT2D eigenvalue weighted by molar-refractivity contribution is -0.384. The lowest BCUT2D eigenvalue weighted by atomic mass is 10.2. The number of carbonyl (C=O) groups excluding carboxylic acids is 1. The van der Waals surface area contributed by atoms with Crippen molar-refractivity contribution in [3.63, 3.8) is 0 Å². The SMILES string of the molecule is COc1cccc2cc(C(=O)Nc3ccc([N+](=O)[O-])cc3)oc12. The molecule has 1 N–H and O–H groups in total. The summed E-state index contributed by atoms with van der Waals surface area (Å²) in [6.45, 7) is 0. The highest BCUT2D eigenvalue weighted by atomic mass is 16.6. The van der Waals surface area contributed by atoms with Crippen LogP contribution in [0.25, 0.3) is 11.0 Å². The van der Waals surface area contributed by atoms with Crippen LogP contribution in [0, 0.1) is 10.1 Å². The van der Waals surface area contributed by atoms with E-state index in [1.165, 1.54) is 31.4 Å².